The summed E-state index contributed by atoms with van der Waals surface area (Å²) in [7, 11) is 0. The molecule has 158 valence electrons. The SMILES string of the molecule is CCNSc1ccc(-c2cc(-c3ccc(-c4ccccc4)c(C(F)(F)F)c3)on2)cc1. The van der Waals surface area contributed by atoms with Gasteiger partial charge in [0.05, 0.1) is 5.56 Å². The van der Waals surface area contributed by atoms with Crippen molar-refractivity contribution < 1.29 is 17.7 Å². The Balaban J connectivity index is 1.66. The molecule has 0 atom stereocenters. The second-order valence-electron chi connectivity index (χ2n) is 6.82. The molecule has 4 rings (SSSR count). The highest BCUT2D eigenvalue weighted by molar-refractivity contribution is 7.97. The Hall–Kier alpha value is -3.03. The Morgan fingerprint density at radius 1 is 0.871 bits per heavy atom. The summed E-state index contributed by atoms with van der Waals surface area (Å²) in [6.07, 6.45) is -4.50. The van der Waals surface area contributed by atoms with Crippen LogP contribution >= 0.6 is 11.9 Å². The Morgan fingerprint density at radius 3 is 2.26 bits per heavy atom. The van der Waals surface area contributed by atoms with Crippen LogP contribution in [0, 0.1) is 0 Å². The molecule has 0 radical (unpaired) electrons. The fourth-order valence-corrected chi connectivity index (χ4v) is 3.78. The topological polar surface area (TPSA) is 38.1 Å². The molecule has 0 aliphatic carbocycles. The first-order valence-corrected chi connectivity index (χ1v) is 10.5. The minimum absolute atomic E-state index is 0.130. The zero-order valence-corrected chi connectivity index (χ0v) is 17.4. The third-order valence-corrected chi connectivity index (χ3v) is 5.63. The molecule has 31 heavy (non-hydrogen) atoms. The van der Waals surface area contributed by atoms with Gasteiger partial charge in [0.15, 0.2) is 5.76 Å². The molecule has 0 saturated heterocycles. The van der Waals surface area contributed by atoms with Gasteiger partial charge >= 0.3 is 6.18 Å². The van der Waals surface area contributed by atoms with E-state index in [0.29, 0.717) is 16.8 Å². The lowest BCUT2D eigenvalue weighted by Crippen LogP contribution is -2.07. The number of halogens is 3. The van der Waals surface area contributed by atoms with E-state index in [0.717, 1.165) is 23.1 Å². The zero-order valence-electron chi connectivity index (χ0n) is 16.6. The molecule has 3 nitrogen and oxygen atoms in total. The number of nitrogens with one attached hydrogen (secondary N) is 1. The summed E-state index contributed by atoms with van der Waals surface area (Å²) in [5, 5.41) is 4.05. The van der Waals surface area contributed by atoms with Crippen LogP contribution in [0.4, 0.5) is 13.2 Å². The van der Waals surface area contributed by atoms with Gasteiger partial charge in [-0.05, 0) is 41.3 Å². The summed E-state index contributed by atoms with van der Waals surface area (Å²) in [6, 6.07) is 22.1. The molecule has 1 N–H and O–H groups in total. The molecule has 0 aliphatic heterocycles. The second kappa shape index (κ2) is 8.99. The van der Waals surface area contributed by atoms with E-state index in [9.17, 15) is 13.2 Å². The van der Waals surface area contributed by atoms with Crippen molar-refractivity contribution in [2.75, 3.05) is 6.54 Å². The molecule has 0 spiro atoms. The van der Waals surface area contributed by atoms with Crippen LogP contribution in [0.1, 0.15) is 12.5 Å². The lowest BCUT2D eigenvalue weighted by Gasteiger charge is -2.14. The van der Waals surface area contributed by atoms with Crippen LogP contribution in [-0.4, -0.2) is 11.7 Å². The fraction of sp³-hybridized carbons (Fsp3) is 0.125. The lowest BCUT2D eigenvalue weighted by atomic mass is 9.96. The molecule has 3 aromatic carbocycles. The van der Waals surface area contributed by atoms with Crippen LogP contribution < -0.4 is 4.72 Å². The van der Waals surface area contributed by atoms with Gasteiger partial charge in [0.25, 0.3) is 0 Å². The van der Waals surface area contributed by atoms with Crippen LogP contribution in [0.5, 0.6) is 0 Å². The van der Waals surface area contributed by atoms with Gasteiger partial charge in [-0.1, -0.05) is 66.7 Å². The standard InChI is InChI=1S/C24H19F3N2OS/c1-2-28-31-19-11-8-17(9-12-19)22-15-23(30-29-22)18-10-13-20(16-6-4-3-5-7-16)21(14-18)24(25,26)27/h3-15,28H,2H2,1H3. The summed E-state index contributed by atoms with van der Waals surface area (Å²) in [6.45, 7) is 2.87. The molecule has 0 bridgehead atoms. The van der Waals surface area contributed by atoms with Crippen molar-refractivity contribution >= 4 is 11.9 Å². The minimum atomic E-state index is -4.50. The van der Waals surface area contributed by atoms with Crippen molar-refractivity contribution in [2.45, 2.75) is 18.0 Å². The van der Waals surface area contributed by atoms with Crippen molar-refractivity contribution in [1.82, 2.24) is 9.88 Å². The van der Waals surface area contributed by atoms with Gasteiger partial charge in [0, 0.05) is 28.6 Å². The molecule has 0 saturated carbocycles. The number of benzene rings is 3. The summed E-state index contributed by atoms with van der Waals surface area (Å²) in [4.78, 5) is 1.06. The molecular formula is C24H19F3N2OS. The summed E-state index contributed by atoms with van der Waals surface area (Å²) < 4.78 is 49.9. The van der Waals surface area contributed by atoms with E-state index in [1.165, 1.54) is 18.0 Å². The largest absolute Gasteiger partial charge is 0.417 e. The predicted molar refractivity (Wildman–Crippen MR) is 117 cm³/mol. The third kappa shape index (κ3) is 4.84. The van der Waals surface area contributed by atoms with E-state index < -0.39 is 11.7 Å². The molecule has 4 aromatic rings. The van der Waals surface area contributed by atoms with Gasteiger partial charge in [0.1, 0.15) is 5.69 Å². The van der Waals surface area contributed by atoms with Gasteiger partial charge in [-0.25, -0.2) is 0 Å². The summed E-state index contributed by atoms with van der Waals surface area (Å²) >= 11 is 1.53. The first-order chi connectivity index (χ1) is 15.0. The maximum Gasteiger partial charge on any atom is 0.417 e. The van der Waals surface area contributed by atoms with E-state index in [2.05, 4.69) is 9.88 Å². The van der Waals surface area contributed by atoms with E-state index >= 15 is 0 Å². The van der Waals surface area contributed by atoms with E-state index in [1.807, 2.05) is 31.2 Å². The smallest absolute Gasteiger partial charge is 0.356 e. The number of hydrogen-bond donors (Lipinski definition) is 1. The highest BCUT2D eigenvalue weighted by Crippen LogP contribution is 2.40. The quantitative estimate of drug-likeness (QED) is 0.319. The molecular weight excluding hydrogens is 421 g/mol. The van der Waals surface area contributed by atoms with Crippen LogP contribution in [-0.2, 0) is 6.18 Å². The molecule has 7 heteroatoms. The summed E-state index contributed by atoms with van der Waals surface area (Å²) in [5.74, 6) is 0.284. The normalized spacial score (nSPS) is 11.6. The fourth-order valence-electron chi connectivity index (χ4n) is 3.20. The number of hydrogen-bond acceptors (Lipinski definition) is 4. The minimum Gasteiger partial charge on any atom is -0.356 e. The Morgan fingerprint density at radius 2 is 1.58 bits per heavy atom. The number of nitrogens with zero attached hydrogens (tertiary/aromatic N) is 1. The van der Waals surface area contributed by atoms with Crippen LogP contribution in [0.25, 0.3) is 33.7 Å². The Labute approximate surface area is 182 Å². The second-order valence-corrected chi connectivity index (χ2v) is 7.79. The lowest BCUT2D eigenvalue weighted by molar-refractivity contribution is -0.137. The van der Waals surface area contributed by atoms with Crippen molar-refractivity contribution in [3.63, 3.8) is 0 Å². The van der Waals surface area contributed by atoms with Gasteiger partial charge in [0.2, 0.25) is 0 Å². The first-order valence-electron chi connectivity index (χ1n) is 9.69. The first kappa shape index (κ1) is 21.2. The maximum atomic E-state index is 13.8. The predicted octanol–water partition coefficient (Wildman–Crippen LogP) is 7.31. The number of aromatic nitrogens is 1. The van der Waals surface area contributed by atoms with Crippen molar-refractivity contribution in [2.24, 2.45) is 0 Å². The van der Waals surface area contributed by atoms with Crippen LogP contribution in [0.2, 0.25) is 0 Å². The van der Waals surface area contributed by atoms with Crippen molar-refractivity contribution in [1.29, 1.82) is 0 Å². The van der Waals surface area contributed by atoms with Gasteiger partial charge < -0.3 is 4.52 Å². The van der Waals surface area contributed by atoms with Crippen molar-refractivity contribution in [3.8, 4) is 33.7 Å². The molecule has 0 unspecified atom stereocenters. The molecule has 1 heterocycles. The van der Waals surface area contributed by atoms with E-state index in [4.69, 9.17) is 4.52 Å². The molecule has 0 fully saturated rings. The average Bonchev–Trinajstić information content (AvgIpc) is 3.28. The van der Waals surface area contributed by atoms with Crippen LogP contribution in [0.15, 0.2) is 88.3 Å². The third-order valence-electron chi connectivity index (χ3n) is 4.69. The van der Waals surface area contributed by atoms with Crippen molar-refractivity contribution in [3.05, 3.63) is 84.4 Å². The monoisotopic (exact) mass is 440 g/mol. The average molecular weight is 440 g/mol. The summed E-state index contributed by atoms with van der Waals surface area (Å²) in [5.41, 5.74) is 1.65. The molecule has 0 amide bonds. The van der Waals surface area contributed by atoms with Gasteiger partial charge in [-0.15, -0.1) is 0 Å². The Kier molecular flexibility index (Phi) is 6.15. The highest BCUT2D eigenvalue weighted by atomic mass is 32.2. The Bertz CT molecular complexity index is 1160. The molecule has 0 aliphatic rings. The maximum absolute atomic E-state index is 13.8. The molecule has 1 aromatic heterocycles. The number of rotatable bonds is 6. The van der Waals surface area contributed by atoms with Crippen LogP contribution in [0.3, 0.4) is 0 Å². The van der Waals surface area contributed by atoms with Gasteiger partial charge in [-0.3, -0.25) is 4.72 Å². The van der Waals surface area contributed by atoms with Gasteiger partial charge in [-0.2, -0.15) is 13.2 Å². The number of alkyl halides is 3. The van der Waals surface area contributed by atoms with E-state index in [1.54, 1.807) is 42.5 Å². The van der Waals surface area contributed by atoms with E-state index in [-0.39, 0.29) is 11.3 Å². The highest BCUT2D eigenvalue weighted by Gasteiger charge is 2.34. The zero-order chi connectivity index (χ0) is 21.8.